The normalized spacial score (nSPS) is 13.0. The molecule has 1 aromatic rings. The van der Waals surface area contributed by atoms with Crippen LogP contribution >= 0.6 is 21.1 Å². The SMILES string of the molecule is Nc1ccc(F)cc1S(N)(N)S. The Morgan fingerprint density at radius 1 is 1.33 bits per heavy atom. The summed E-state index contributed by atoms with van der Waals surface area (Å²) in [4.78, 5) is 0.367. The van der Waals surface area contributed by atoms with Crippen molar-refractivity contribution >= 4 is 26.8 Å². The second-order valence-electron chi connectivity index (χ2n) is 2.36. The van der Waals surface area contributed by atoms with Crippen LogP contribution in [0, 0.1) is 5.82 Å². The molecule has 6 N–H and O–H groups in total. The van der Waals surface area contributed by atoms with Gasteiger partial charge in [-0.25, -0.2) is 4.39 Å². The molecule has 0 unspecified atom stereocenters. The van der Waals surface area contributed by atoms with Gasteiger partial charge in [-0.2, -0.15) is 0 Å². The minimum absolute atomic E-state index is 0.367. The van der Waals surface area contributed by atoms with Gasteiger partial charge < -0.3 is 5.73 Å². The molecule has 6 heteroatoms. The Bertz CT molecular complexity index is 297. The molecule has 0 heterocycles. The van der Waals surface area contributed by atoms with E-state index in [1.165, 1.54) is 18.2 Å². The average molecular weight is 207 g/mol. The van der Waals surface area contributed by atoms with E-state index in [4.69, 9.17) is 16.0 Å². The summed E-state index contributed by atoms with van der Waals surface area (Å²) in [6.45, 7) is 0. The number of hydrogen-bond acceptors (Lipinski definition) is 4. The highest BCUT2D eigenvalue weighted by atomic mass is 33.1. The van der Waals surface area contributed by atoms with Gasteiger partial charge in [-0.1, -0.05) is 21.1 Å². The largest absolute Gasteiger partial charge is 0.398 e. The van der Waals surface area contributed by atoms with E-state index in [1.54, 1.807) is 0 Å². The van der Waals surface area contributed by atoms with Crippen molar-refractivity contribution in [2.75, 3.05) is 5.73 Å². The summed E-state index contributed by atoms with van der Waals surface area (Å²) in [5, 5.41) is 11.0. The van der Waals surface area contributed by atoms with Crippen LogP contribution in [0.3, 0.4) is 0 Å². The van der Waals surface area contributed by atoms with E-state index in [0.29, 0.717) is 10.6 Å². The highest BCUT2D eigenvalue weighted by molar-refractivity contribution is 8.86. The van der Waals surface area contributed by atoms with E-state index in [-0.39, 0.29) is 0 Å². The van der Waals surface area contributed by atoms with Crippen LogP contribution in [0.1, 0.15) is 0 Å². The van der Waals surface area contributed by atoms with E-state index in [1.807, 2.05) is 0 Å². The van der Waals surface area contributed by atoms with Crippen molar-refractivity contribution in [1.29, 1.82) is 0 Å². The van der Waals surface area contributed by atoms with E-state index < -0.39 is 15.2 Å². The van der Waals surface area contributed by atoms with Crippen molar-refractivity contribution in [3.05, 3.63) is 24.0 Å². The van der Waals surface area contributed by atoms with Gasteiger partial charge in [-0.05, 0) is 18.2 Å². The lowest BCUT2D eigenvalue weighted by atomic mass is 10.3. The number of anilines is 1. The zero-order chi connectivity index (χ0) is 9.35. The topological polar surface area (TPSA) is 78.1 Å². The van der Waals surface area contributed by atoms with Crippen LogP contribution in [0.15, 0.2) is 23.1 Å². The first kappa shape index (κ1) is 9.66. The summed E-state index contributed by atoms with van der Waals surface area (Å²) in [6.07, 6.45) is 0. The third kappa shape index (κ3) is 2.04. The second-order valence-corrected chi connectivity index (χ2v) is 5.96. The highest BCUT2D eigenvalue weighted by Crippen LogP contribution is 2.48. The van der Waals surface area contributed by atoms with Gasteiger partial charge in [0.2, 0.25) is 0 Å². The smallest absolute Gasteiger partial charge is 0.124 e. The quantitative estimate of drug-likeness (QED) is 0.317. The van der Waals surface area contributed by atoms with Crippen LogP contribution in [0.5, 0.6) is 0 Å². The Kier molecular flexibility index (Phi) is 2.52. The lowest BCUT2D eigenvalue weighted by molar-refractivity contribution is 0.624. The summed E-state index contributed by atoms with van der Waals surface area (Å²) < 4.78 is 12.7. The Labute approximate surface area is 76.5 Å². The van der Waals surface area contributed by atoms with Crippen LogP contribution in [0.2, 0.25) is 0 Å². The van der Waals surface area contributed by atoms with Crippen LogP contribution in [-0.2, 0) is 0 Å². The molecule has 0 saturated heterocycles. The summed E-state index contributed by atoms with van der Waals surface area (Å²) in [5.74, 6) is -0.416. The summed E-state index contributed by atoms with van der Waals surface area (Å²) in [6, 6.07) is 3.87. The average Bonchev–Trinajstić information content (AvgIpc) is 1.92. The molecule has 68 valence electrons. The van der Waals surface area contributed by atoms with Crippen molar-refractivity contribution in [2.24, 2.45) is 10.3 Å². The Hall–Kier alpha value is -0.430. The van der Waals surface area contributed by atoms with Gasteiger partial charge in [-0.15, -0.1) is 0 Å². The Morgan fingerprint density at radius 2 is 1.92 bits per heavy atom. The molecule has 12 heavy (non-hydrogen) atoms. The molecular weight excluding hydrogens is 197 g/mol. The molecule has 0 aromatic heterocycles. The molecule has 0 spiro atoms. The van der Waals surface area contributed by atoms with Crippen molar-refractivity contribution in [3.8, 4) is 0 Å². The van der Waals surface area contributed by atoms with Crippen LogP contribution < -0.4 is 16.0 Å². The fourth-order valence-electron chi connectivity index (χ4n) is 0.791. The van der Waals surface area contributed by atoms with Crippen LogP contribution in [0.4, 0.5) is 10.1 Å². The molecule has 0 fully saturated rings. The summed E-state index contributed by atoms with van der Waals surface area (Å²) in [5.41, 5.74) is 5.89. The van der Waals surface area contributed by atoms with Crippen molar-refractivity contribution in [3.63, 3.8) is 0 Å². The number of halogens is 1. The Morgan fingerprint density at radius 3 is 2.33 bits per heavy atom. The van der Waals surface area contributed by atoms with Gasteiger partial charge >= 0.3 is 0 Å². The number of benzene rings is 1. The molecule has 0 aliphatic rings. The maximum Gasteiger partial charge on any atom is 0.124 e. The third-order valence-corrected chi connectivity index (χ3v) is 2.98. The van der Waals surface area contributed by atoms with E-state index in [0.717, 1.165) is 0 Å². The minimum atomic E-state index is -2.23. The zero-order valence-electron chi connectivity index (χ0n) is 6.20. The van der Waals surface area contributed by atoms with Crippen LogP contribution in [-0.4, -0.2) is 0 Å². The predicted molar refractivity (Wildman–Crippen MR) is 54.0 cm³/mol. The molecule has 3 nitrogen and oxygen atoms in total. The molecule has 0 saturated carbocycles. The molecule has 1 aromatic carbocycles. The van der Waals surface area contributed by atoms with Gasteiger partial charge in [0.15, 0.2) is 0 Å². The van der Waals surface area contributed by atoms with Crippen molar-refractivity contribution < 1.29 is 4.39 Å². The fourth-order valence-corrected chi connectivity index (χ4v) is 2.01. The highest BCUT2D eigenvalue weighted by Gasteiger charge is 2.14. The van der Waals surface area contributed by atoms with Gasteiger partial charge in [0.25, 0.3) is 0 Å². The molecular formula is C6H10FN3S2. The molecule has 0 aliphatic carbocycles. The van der Waals surface area contributed by atoms with E-state index in [2.05, 4.69) is 11.7 Å². The van der Waals surface area contributed by atoms with Gasteiger partial charge in [0.05, 0.1) is 4.90 Å². The molecule has 0 aliphatic heterocycles. The zero-order valence-corrected chi connectivity index (χ0v) is 7.91. The number of rotatable bonds is 1. The van der Waals surface area contributed by atoms with Gasteiger partial charge in [0, 0.05) is 5.69 Å². The maximum absolute atomic E-state index is 12.7. The lowest BCUT2D eigenvalue weighted by Gasteiger charge is -2.25. The summed E-state index contributed by atoms with van der Waals surface area (Å²) in [7, 11) is -2.23. The maximum atomic E-state index is 12.7. The minimum Gasteiger partial charge on any atom is -0.398 e. The second kappa shape index (κ2) is 3.14. The van der Waals surface area contributed by atoms with Crippen LogP contribution in [0.25, 0.3) is 0 Å². The van der Waals surface area contributed by atoms with E-state index >= 15 is 0 Å². The molecule has 1 rings (SSSR count). The molecule has 0 bridgehead atoms. The molecule has 0 radical (unpaired) electrons. The van der Waals surface area contributed by atoms with Crippen molar-refractivity contribution in [1.82, 2.24) is 0 Å². The van der Waals surface area contributed by atoms with E-state index in [9.17, 15) is 4.39 Å². The number of hydrogen-bond donors (Lipinski definition) is 4. The third-order valence-electron chi connectivity index (χ3n) is 1.33. The first-order valence-electron chi connectivity index (χ1n) is 3.07. The predicted octanol–water partition coefficient (Wildman–Crippen LogP) is 1.16. The Balaban J connectivity index is 3.23. The molecule has 0 atom stereocenters. The first-order valence-corrected chi connectivity index (χ1v) is 5.89. The summed E-state index contributed by atoms with van der Waals surface area (Å²) >= 11 is 3.95. The van der Waals surface area contributed by atoms with Crippen molar-refractivity contribution in [2.45, 2.75) is 4.90 Å². The fraction of sp³-hybridized carbons (Fsp3) is 0. The number of nitrogens with two attached hydrogens (primary N) is 3. The monoisotopic (exact) mass is 207 g/mol. The number of nitrogen functional groups attached to an aromatic ring is 1. The first-order chi connectivity index (χ1) is 5.41. The van der Waals surface area contributed by atoms with Gasteiger partial charge in [0.1, 0.15) is 5.82 Å². The van der Waals surface area contributed by atoms with Gasteiger partial charge in [-0.3, -0.25) is 10.3 Å². The lowest BCUT2D eigenvalue weighted by Crippen LogP contribution is -2.15. The molecule has 0 amide bonds. The number of thiol groups is 1. The standard InChI is InChI=1S/C6H10FN3S2/c7-4-1-2-5(8)6(3-4)12(9,10)11/h1-3,11H,8-10H2.